The molecule has 0 unspecified atom stereocenters. The normalized spacial score (nSPS) is 15.1. The zero-order valence-corrected chi connectivity index (χ0v) is 23.5. The zero-order chi connectivity index (χ0) is 27.4. The molecule has 10 heteroatoms. The number of nitrogens with zero attached hydrogens (tertiary/aromatic N) is 3. The third-order valence-corrected chi connectivity index (χ3v) is 8.11. The van der Waals surface area contributed by atoms with Gasteiger partial charge in [0, 0.05) is 29.8 Å². The lowest BCUT2D eigenvalue weighted by molar-refractivity contribution is -0.123. The lowest BCUT2D eigenvalue weighted by Gasteiger charge is -2.23. The van der Waals surface area contributed by atoms with E-state index in [0.717, 1.165) is 16.7 Å². The second-order valence-electron chi connectivity index (χ2n) is 8.88. The van der Waals surface area contributed by atoms with Gasteiger partial charge in [0.05, 0.1) is 34.0 Å². The maximum absolute atomic E-state index is 13.7. The molecule has 2 amide bonds. The number of thioether (sulfide) groups is 1. The Morgan fingerprint density at radius 3 is 2.59 bits per heavy atom. The van der Waals surface area contributed by atoms with E-state index >= 15 is 0 Å². The van der Waals surface area contributed by atoms with Crippen LogP contribution in [0, 0.1) is 0 Å². The van der Waals surface area contributed by atoms with Crippen LogP contribution in [0.15, 0.2) is 78.9 Å². The van der Waals surface area contributed by atoms with Gasteiger partial charge in [-0.25, -0.2) is 4.68 Å². The smallest absolute Gasteiger partial charge is 0.240 e. The number of carbonyl (C=O) groups excluding carboxylic acids is 2. The van der Waals surface area contributed by atoms with Gasteiger partial charge in [0.15, 0.2) is 0 Å². The third kappa shape index (κ3) is 5.84. The Hall–Kier alpha value is -3.30. The number of benzene rings is 3. The van der Waals surface area contributed by atoms with Crippen LogP contribution in [0.25, 0.3) is 16.9 Å². The Labute approximate surface area is 241 Å². The first-order valence-corrected chi connectivity index (χ1v) is 14.1. The van der Waals surface area contributed by atoms with Crippen LogP contribution in [0.4, 0.5) is 5.82 Å². The van der Waals surface area contributed by atoms with Gasteiger partial charge in [-0.15, -0.1) is 11.8 Å². The minimum atomic E-state index is -0.300. The molecule has 0 saturated carbocycles. The summed E-state index contributed by atoms with van der Waals surface area (Å²) in [6, 6.07) is 24.7. The number of amides is 2. The van der Waals surface area contributed by atoms with Gasteiger partial charge in [-0.2, -0.15) is 5.10 Å². The fourth-order valence-electron chi connectivity index (χ4n) is 4.54. The topological polar surface area (TPSA) is 76.5 Å². The predicted octanol–water partition coefficient (Wildman–Crippen LogP) is 5.78. The average Bonchev–Trinajstić information content (AvgIpc) is 3.26. The van der Waals surface area contributed by atoms with E-state index in [0.29, 0.717) is 40.4 Å². The molecule has 0 aliphatic carbocycles. The van der Waals surface area contributed by atoms with Crippen LogP contribution in [0.5, 0.6) is 0 Å². The van der Waals surface area contributed by atoms with Crippen LogP contribution in [0.1, 0.15) is 16.4 Å². The quantitative estimate of drug-likeness (QED) is 0.267. The van der Waals surface area contributed by atoms with Crippen molar-refractivity contribution in [3.05, 3.63) is 100 Å². The molecular weight excluding hydrogens is 555 g/mol. The Morgan fingerprint density at radius 1 is 1.08 bits per heavy atom. The molecule has 3 aromatic carbocycles. The highest BCUT2D eigenvalue weighted by Crippen LogP contribution is 2.49. The Balaban J connectivity index is 1.77. The lowest BCUT2D eigenvalue weighted by Crippen LogP contribution is -2.43. The largest absolute Gasteiger partial charge is 0.383 e. The average molecular weight is 582 g/mol. The second kappa shape index (κ2) is 12.3. The standard InChI is InChI=1S/C29H26Cl2N4O3S/c1-38-15-14-32-24(36)17-34-25(37)18-39-28(20-10-7-11-21(30)16-20)26-27(19-8-3-2-4-9-19)33-35(29(26)34)23-13-6-5-12-22(23)31/h2-13,16,28H,14-15,17-18H2,1H3,(H,32,36)/t28-/m0/s1. The Kier molecular flexibility index (Phi) is 8.57. The fourth-order valence-corrected chi connectivity index (χ4v) is 6.15. The SMILES string of the molecule is COCCNC(=O)CN1C(=O)CS[C@@H](c2cccc(Cl)c2)c2c(-c3ccccc3)nn(-c3ccccc3Cl)c21. The predicted molar refractivity (Wildman–Crippen MR) is 157 cm³/mol. The summed E-state index contributed by atoms with van der Waals surface area (Å²) < 4.78 is 6.74. The summed E-state index contributed by atoms with van der Waals surface area (Å²) in [6.45, 7) is 0.527. The first-order valence-electron chi connectivity index (χ1n) is 12.3. The number of rotatable bonds is 8. The van der Waals surface area contributed by atoms with E-state index in [2.05, 4.69) is 5.32 Å². The van der Waals surface area contributed by atoms with Gasteiger partial charge in [0.25, 0.3) is 0 Å². The number of fused-ring (bicyclic) bond motifs is 1. The molecule has 4 aromatic rings. The minimum Gasteiger partial charge on any atom is -0.383 e. The molecule has 1 aliphatic heterocycles. The van der Waals surface area contributed by atoms with Crippen molar-refractivity contribution in [2.45, 2.75) is 5.25 Å². The van der Waals surface area contributed by atoms with E-state index in [1.54, 1.807) is 17.9 Å². The molecule has 0 fully saturated rings. The van der Waals surface area contributed by atoms with Crippen molar-refractivity contribution < 1.29 is 14.3 Å². The molecule has 200 valence electrons. The monoisotopic (exact) mass is 580 g/mol. The molecule has 5 rings (SSSR count). The summed E-state index contributed by atoms with van der Waals surface area (Å²) in [5.41, 5.74) is 3.92. The maximum atomic E-state index is 13.7. The molecule has 7 nitrogen and oxygen atoms in total. The van der Waals surface area contributed by atoms with E-state index in [1.165, 1.54) is 16.7 Å². The van der Waals surface area contributed by atoms with Gasteiger partial charge in [-0.1, -0.05) is 77.8 Å². The van der Waals surface area contributed by atoms with Gasteiger partial charge in [-0.05, 0) is 29.8 Å². The van der Waals surface area contributed by atoms with Crippen molar-refractivity contribution in [3.63, 3.8) is 0 Å². The van der Waals surface area contributed by atoms with Crippen LogP contribution < -0.4 is 10.2 Å². The number of ether oxygens (including phenoxy) is 1. The van der Waals surface area contributed by atoms with E-state index in [-0.39, 0.29) is 29.4 Å². The van der Waals surface area contributed by atoms with Crippen molar-refractivity contribution in [1.29, 1.82) is 0 Å². The number of carbonyl (C=O) groups is 2. The van der Waals surface area contributed by atoms with E-state index in [1.807, 2.05) is 72.8 Å². The minimum absolute atomic E-state index is 0.161. The zero-order valence-electron chi connectivity index (χ0n) is 21.1. The summed E-state index contributed by atoms with van der Waals surface area (Å²) >= 11 is 14.6. The van der Waals surface area contributed by atoms with Crippen LogP contribution >= 0.6 is 35.0 Å². The highest BCUT2D eigenvalue weighted by molar-refractivity contribution is 8.00. The summed E-state index contributed by atoms with van der Waals surface area (Å²) in [5, 5.41) is 8.65. The van der Waals surface area contributed by atoms with Crippen molar-refractivity contribution >= 4 is 52.6 Å². The maximum Gasteiger partial charge on any atom is 0.240 e. The van der Waals surface area contributed by atoms with Gasteiger partial charge < -0.3 is 10.1 Å². The molecule has 0 spiro atoms. The summed E-state index contributed by atoms with van der Waals surface area (Å²) in [7, 11) is 1.57. The third-order valence-electron chi connectivity index (χ3n) is 6.30. The number of halogens is 2. The number of para-hydroxylation sites is 1. The molecule has 1 atom stereocenters. The Morgan fingerprint density at radius 2 is 1.85 bits per heavy atom. The highest BCUT2D eigenvalue weighted by Gasteiger charge is 2.38. The molecule has 1 aliphatic rings. The molecule has 0 radical (unpaired) electrons. The molecule has 39 heavy (non-hydrogen) atoms. The number of methoxy groups -OCH3 is 1. The summed E-state index contributed by atoms with van der Waals surface area (Å²) in [4.78, 5) is 28.2. The first kappa shape index (κ1) is 27.3. The second-order valence-corrected chi connectivity index (χ2v) is 10.8. The van der Waals surface area contributed by atoms with Gasteiger partial charge in [-0.3, -0.25) is 14.5 Å². The fraction of sp³-hybridized carbons (Fsp3) is 0.207. The van der Waals surface area contributed by atoms with Crippen molar-refractivity contribution in [3.8, 4) is 16.9 Å². The van der Waals surface area contributed by atoms with Gasteiger partial charge in [0.1, 0.15) is 12.4 Å². The van der Waals surface area contributed by atoms with Crippen LogP contribution in [0.3, 0.4) is 0 Å². The number of aromatic nitrogens is 2. The molecule has 1 N–H and O–H groups in total. The van der Waals surface area contributed by atoms with Crippen molar-refractivity contribution in [2.75, 3.05) is 37.5 Å². The summed E-state index contributed by atoms with van der Waals surface area (Å²) in [6.07, 6.45) is 0. The number of anilines is 1. The number of hydrogen-bond acceptors (Lipinski definition) is 5. The lowest BCUT2D eigenvalue weighted by atomic mass is 9.99. The summed E-state index contributed by atoms with van der Waals surface area (Å²) in [5.74, 6) is 0.156. The van der Waals surface area contributed by atoms with Gasteiger partial charge in [0.2, 0.25) is 11.8 Å². The number of nitrogens with one attached hydrogen (secondary N) is 1. The van der Waals surface area contributed by atoms with Crippen LogP contribution in [-0.2, 0) is 14.3 Å². The van der Waals surface area contributed by atoms with E-state index in [9.17, 15) is 9.59 Å². The van der Waals surface area contributed by atoms with Gasteiger partial charge >= 0.3 is 0 Å². The number of hydrogen-bond donors (Lipinski definition) is 1. The molecule has 0 saturated heterocycles. The molecule has 0 bridgehead atoms. The first-order chi connectivity index (χ1) is 19.0. The van der Waals surface area contributed by atoms with Crippen molar-refractivity contribution in [1.82, 2.24) is 15.1 Å². The highest BCUT2D eigenvalue weighted by atomic mass is 35.5. The van der Waals surface area contributed by atoms with Crippen molar-refractivity contribution in [2.24, 2.45) is 0 Å². The van der Waals surface area contributed by atoms with Crippen LogP contribution in [-0.4, -0.2) is 54.2 Å². The van der Waals surface area contributed by atoms with E-state index < -0.39 is 0 Å². The Bertz CT molecular complexity index is 1500. The molecule has 2 heterocycles. The van der Waals surface area contributed by atoms with E-state index in [4.69, 9.17) is 33.0 Å². The molecular formula is C29H26Cl2N4O3S. The molecule has 1 aromatic heterocycles. The van der Waals surface area contributed by atoms with Crippen LogP contribution in [0.2, 0.25) is 10.0 Å².